The van der Waals surface area contributed by atoms with Crippen LogP contribution in [0.4, 0.5) is 5.69 Å². The van der Waals surface area contributed by atoms with Crippen molar-refractivity contribution in [2.75, 3.05) is 11.4 Å². The minimum Gasteiger partial charge on any atom is -0.367 e. The Balaban J connectivity index is 2.15. The van der Waals surface area contributed by atoms with Gasteiger partial charge in [0.25, 0.3) is 0 Å². The van der Waals surface area contributed by atoms with Gasteiger partial charge in [-0.25, -0.2) is 0 Å². The normalized spacial score (nSPS) is 10.3. The highest BCUT2D eigenvalue weighted by molar-refractivity contribution is 5.46. The number of nitrogens with zero attached hydrogens (tertiary/aromatic N) is 2. The van der Waals surface area contributed by atoms with Gasteiger partial charge in [-0.15, -0.1) is 0 Å². The van der Waals surface area contributed by atoms with Gasteiger partial charge in [-0.2, -0.15) is 0 Å². The molecule has 0 saturated carbocycles. The van der Waals surface area contributed by atoms with Crippen LogP contribution in [0.15, 0.2) is 48.7 Å². The molecule has 0 unspecified atom stereocenters. The van der Waals surface area contributed by atoms with Gasteiger partial charge in [0.05, 0.1) is 5.69 Å². The monoisotopic (exact) mass is 241 g/mol. The Bertz CT molecular complexity index is 482. The largest absolute Gasteiger partial charge is 0.367 e. The van der Waals surface area contributed by atoms with Gasteiger partial charge < -0.3 is 10.6 Å². The lowest BCUT2D eigenvalue weighted by molar-refractivity contribution is 0.825. The highest BCUT2D eigenvalue weighted by Gasteiger charge is 2.05. The van der Waals surface area contributed by atoms with Crippen molar-refractivity contribution in [3.8, 4) is 0 Å². The molecule has 0 spiro atoms. The van der Waals surface area contributed by atoms with E-state index in [0.717, 1.165) is 18.8 Å². The Hall–Kier alpha value is -1.87. The van der Waals surface area contributed by atoms with E-state index in [1.165, 1.54) is 11.3 Å². The maximum absolute atomic E-state index is 5.62. The van der Waals surface area contributed by atoms with E-state index in [2.05, 4.69) is 47.1 Å². The molecule has 94 valence electrons. The molecule has 3 heteroatoms. The summed E-state index contributed by atoms with van der Waals surface area (Å²) in [7, 11) is 0. The summed E-state index contributed by atoms with van der Waals surface area (Å²) >= 11 is 0. The van der Waals surface area contributed by atoms with E-state index in [1.807, 2.05) is 18.3 Å². The molecule has 2 rings (SSSR count). The van der Waals surface area contributed by atoms with Gasteiger partial charge >= 0.3 is 0 Å². The fraction of sp³-hybridized carbons (Fsp3) is 0.267. The van der Waals surface area contributed by atoms with Crippen LogP contribution in [0.3, 0.4) is 0 Å². The average Bonchev–Trinajstić information content (AvgIpc) is 2.46. The van der Waals surface area contributed by atoms with Gasteiger partial charge in [-0.3, -0.25) is 4.98 Å². The molecular weight excluding hydrogens is 222 g/mol. The van der Waals surface area contributed by atoms with E-state index >= 15 is 0 Å². The molecule has 0 fully saturated rings. The number of pyridine rings is 1. The third kappa shape index (κ3) is 3.08. The summed E-state index contributed by atoms with van der Waals surface area (Å²) < 4.78 is 0. The number of hydrogen-bond donors (Lipinski definition) is 1. The average molecular weight is 241 g/mol. The standard InChI is InChI=1S/C15H19N3/c1-2-18(15-6-4-3-5-7-15)12-13-8-9-17-14(10-13)11-16/h3-10H,2,11-12,16H2,1H3. The third-order valence-corrected chi connectivity index (χ3v) is 2.97. The van der Waals surface area contributed by atoms with Gasteiger partial charge in [0, 0.05) is 31.5 Å². The van der Waals surface area contributed by atoms with Gasteiger partial charge in [0.1, 0.15) is 0 Å². The summed E-state index contributed by atoms with van der Waals surface area (Å²) in [5, 5.41) is 0. The van der Waals surface area contributed by atoms with E-state index in [4.69, 9.17) is 5.73 Å². The van der Waals surface area contributed by atoms with Crippen LogP contribution < -0.4 is 10.6 Å². The zero-order valence-corrected chi connectivity index (χ0v) is 10.7. The summed E-state index contributed by atoms with van der Waals surface area (Å²) in [5.74, 6) is 0. The Morgan fingerprint density at radius 2 is 1.94 bits per heavy atom. The minimum absolute atomic E-state index is 0.491. The number of para-hydroxylation sites is 1. The number of benzene rings is 1. The van der Waals surface area contributed by atoms with Crippen molar-refractivity contribution in [3.05, 3.63) is 59.9 Å². The predicted molar refractivity (Wildman–Crippen MR) is 75.3 cm³/mol. The molecule has 0 aliphatic carbocycles. The fourth-order valence-corrected chi connectivity index (χ4v) is 1.98. The van der Waals surface area contributed by atoms with Crippen LogP contribution in [0.1, 0.15) is 18.2 Å². The highest BCUT2D eigenvalue weighted by Crippen LogP contribution is 2.16. The lowest BCUT2D eigenvalue weighted by atomic mass is 10.2. The molecule has 1 aromatic heterocycles. The van der Waals surface area contributed by atoms with E-state index in [-0.39, 0.29) is 0 Å². The number of hydrogen-bond acceptors (Lipinski definition) is 3. The summed E-state index contributed by atoms with van der Waals surface area (Å²) in [6.07, 6.45) is 1.83. The first-order valence-corrected chi connectivity index (χ1v) is 6.27. The van der Waals surface area contributed by atoms with E-state index in [1.54, 1.807) is 0 Å². The Morgan fingerprint density at radius 3 is 2.61 bits per heavy atom. The van der Waals surface area contributed by atoms with Crippen molar-refractivity contribution in [3.63, 3.8) is 0 Å². The van der Waals surface area contributed by atoms with Crippen molar-refractivity contribution in [2.45, 2.75) is 20.0 Å². The molecule has 1 aromatic carbocycles. The van der Waals surface area contributed by atoms with Crippen molar-refractivity contribution >= 4 is 5.69 Å². The van der Waals surface area contributed by atoms with Gasteiger partial charge in [-0.1, -0.05) is 18.2 Å². The molecule has 18 heavy (non-hydrogen) atoms. The lowest BCUT2D eigenvalue weighted by Gasteiger charge is -2.23. The molecule has 0 bridgehead atoms. The Kier molecular flexibility index (Phi) is 4.31. The van der Waals surface area contributed by atoms with Crippen LogP contribution in [-0.2, 0) is 13.1 Å². The summed E-state index contributed by atoms with van der Waals surface area (Å²) in [6.45, 7) is 4.52. The molecule has 0 aliphatic rings. The SMILES string of the molecule is CCN(Cc1ccnc(CN)c1)c1ccccc1. The molecular formula is C15H19N3. The maximum Gasteiger partial charge on any atom is 0.0542 e. The van der Waals surface area contributed by atoms with Crippen LogP contribution >= 0.6 is 0 Å². The molecule has 0 amide bonds. The molecule has 1 heterocycles. The summed E-state index contributed by atoms with van der Waals surface area (Å²) in [6, 6.07) is 14.6. The summed E-state index contributed by atoms with van der Waals surface area (Å²) in [4.78, 5) is 6.55. The number of aromatic nitrogens is 1. The molecule has 0 radical (unpaired) electrons. The Morgan fingerprint density at radius 1 is 1.17 bits per heavy atom. The number of nitrogens with two attached hydrogens (primary N) is 1. The first kappa shape index (κ1) is 12.6. The maximum atomic E-state index is 5.62. The van der Waals surface area contributed by atoms with E-state index < -0.39 is 0 Å². The predicted octanol–water partition coefficient (Wildman–Crippen LogP) is 2.57. The topological polar surface area (TPSA) is 42.2 Å². The van der Waals surface area contributed by atoms with E-state index in [0.29, 0.717) is 6.54 Å². The molecule has 0 saturated heterocycles. The van der Waals surface area contributed by atoms with Crippen LogP contribution in [-0.4, -0.2) is 11.5 Å². The van der Waals surface area contributed by atoms with Gasteiger partial charge in [-0.05, 0) is 36.8 Å². The van der Waals surface area contributed by atoms with Crippen LogP contribution in [0.25, 0.3) is 0 Å². The van der Waals surface area contributed by atoms with Crippen LogP contribution in [0, 0.1) is 0 Å². The number of rotatable bonds is 5. The Labute approximate surface area is 108 Å². The first-order chi connectivity index (χ1) is 8.83. The van der Waals surface area contributed by atoms with Crippen LogP contribution in [0.2, 0.25) is 0 Å². The zero-order valence-electron chi connectivity index (χ0n) is 10.7. The molecule has 2 N–H and O–H groups in total. The molecule has 0 atom stereocenters. The number of anilines is 1. The minimum atomic E-state index is 0.491. The van der Waals surface area contributed by atoms with Gasteiger partial charge in [0.2, 0.25) is 0 Å². The second-order valence-corrected chi connectivity index (χ2v) is 4.21. The third-order valence-electron chi connectivity index (χ3n) is 2.97. The van der Waals surface area contributed by atoms with Crippen molar-refractivity contribution in [1.82, 2.24) is 4.98 Å². The second-order valence-electron chi connectivity index (χ2n) is 4.21. The first-order valence-electron chi connectivity index (χ1n) is 6.27. The van der Waals surface area contributed by atoms with Gasteiger partial charge in [0.15, 0.2) is 0 Å². The van der Waals surface area contributed by atoms with Crippen LogP contribution in [0.5, 0.6) is 0 Å². The summed E-state index contributed by atoms with van der Waals surface area (Å²) in [5.41, 5.74) is 9.05. The van der Waals surface area contributed by atoms with Crippen molar-refractivity contribution in [2.24, 2.45) is 5.73 Å². The highest BCUT2D eigenvalue weighted by atomic mass is 15.1. The second kappa shape index (κ2) is 6.17. The smallest absolute Gasteiger partial charge is 0.0542 e. The molecule has 0 aliphatic heterocycles. The van der Waals surface area contributed by atoms with Crippen molar-refractivity contribution in [1.29, 1.82) is 0 Å². The van der Waals surface area contributed by atoms with E-state index in [9.17, 15) is 0 Å². The molecule has 2 aromatic rings. The van der Waals surface area contributed by atoms with Crippen molar-refractivity contribution < 1.29 is 0 Å². The quantitative estimate of drug-likeness (QED) is 0.874. The molecule has 3 nitrogen and oxygen atoms in total. The lowest BCUT2D eigenvalue weighted by Crippen LogP contribution is -2.22. The fourth-order valence-electron chi connectivity index (χ4n) is 1.98. The zero-order chi connectivity index (χ0) is 12.8.